The number of para-hydroxylation sites is 1. The van der Waals surface area contributed by atoms with Crippen LogP contribution in [0.25, 0.3) is 10.9 Å². The van der Waals surface area contributed by atoms with Crippen molar-refractivity contribution in [1.82, 2.24) is 30.9 Å². The number of carbonyl (C=O) groups is 4. The van der Waals surface area contributed by atoms with Gasteiger partial charge in [-0.2, -0.15) is 0 Å². The number of carboxylic acid groups (broad SMARTS) is 1. The van der Waals surface area contributed by atoms with Crippen molar-refractivity contribution < 1.29 is 24.3 Å². The van der Waals surface area contributed by atoms with Crippen molar-refractivity contribution in [3.8, 4) is 0 Å². The van der Waals surface area contributed by atoms with Crippen molar-refractivity contribution in [1.29, 1.82) is 0 Å². The molecule has 0 fully saturated rings. The van der Waals surface area contributed by atoms with Crippen LogP contribution in [-0.4, -0.2) is 80.4 Å². The molecular weight excluding hydrogens is 532 g/mol. The Hall–Kier alpha value is -4.92. The molecule has 2 aromatic heterocycles. The molecule has 3 amide bonds. The summed E-state index contributed by atoms with van der Waals surface area (Å²) in [6, 6.07) is 2.99. The fourth-order valence-corrected chi connectivity index (χ4v) is 4.17. The van der Waals surface area contributed by atoms with Gasteiger partial charge in [0.15, 0.2) is 5.96 Å². The molecule has 4 atom stereocenters. The Labute approximate surface area is 235 Å². The maximum Gasteiger partial charge on any atom is 0.326 e. The Balaban J connectivity index is 1.78. The van der Waals surface area contributed by atoms with Crippen LogP contribution in [0.1, 0.15) is 31.0 Å². The highest BCUT2D eigenvalue weighted by Crippen LogP contribution is 2.19. The molecule has 3 rings (SSSR count). The van der Waals surface area contributed by atoms with Gasteiger partial charge in [-0.1, -0.05) is 18.2 Å². The summed E-state index contributed by atoms with van der Waals surface area (Å²) in [6.45, 7) is 1.68. The normalized spacial score (nSPS) is 13.9. The number of carbonyl (C=O) groups excluding carboxylic acids is 3. The molecule has 1 aromatic carbocycles. The first-order valence-corrected chi connectivity index (χ1v) is 13.0. The number of benzene rings is 1. The number of hydrogen-bond donors (Lipinski definition) is 9. The van der Waals surface area contributed by atoms with Crippen LogP contribution in [0.2, 0.25) is 0 Å². The maximum atomic E-state index is 13.4. The number of H-pyrrole nitrogens is 2. The van der Waals surface area contributed by atoms with E-state index in [-0.39, 0.29) is 31.8 Å². The maximum absolute atomic E-state index is 13.4. The van der Waals surface area contributed by atoms with Gasteiger partial charge < -0.3 is 48.2 Å². The van der Waals surface area contributed by atoms with Crippen LogP contribution in [0, 0.1) is 0 Å². The first-order valence-electron chi connectivity index (χ1n) is 13.0. The lowest BCUT2D eigenvalue weighted by Crippen LogP contribution is -2.57. The highest BCUT2D eigenvalue weighted by Gasteiger charge is 2.30. The zero-order valence-corrected chi connectivity index (χ0v) is 22.6. The molecule has 41 heavy (non-hydrogen) atoms. The molecule has 0 aliphatic rings. The number of aromatic amines is 2. The molecule has 2 heterocycles. The molecule has 0 radical (unpaired) electrons. The number of amides is 3. The third-order valence-electron chi connectivity index (χ3n) is 6.32. The summed E-state index contributed by atoms with van der Waals surface area (Å²) in [5, 5.41) is 18.5. The fraction of sp³-hybridized carbons (Fsp3) is 0.385. The Morgan fingerprint density at radius 2 is 1.66 bits per heavy atom. The van der Waals surface area contributed by atoms with Gasteiger partial charge in [-0.05, 0) is 31.4 Å². The van der Waals surface area contributed by atoms with Gasteiger partial charge in [0, 0.05) is 48.4 Å². The van der Waals surface area contributed by atoms with E-state index in [1.807, 2.05) is 24.3 Å². The average Bonchev–Trinajstić information content (AvgIpc) is 3.59. The topological polar surface area (TPSA) is 259 Å². The van der Waals surface area contributed by atoms with E-state index in [0.29, 0.717) is 17.7 Å². The molecule has 0 bridgehead atoms. The van der Waals surface area contributed by atoms with E-state index in [1.165, 1.54) is 19.4 Å². The van der Waals surface area contributed by atoms with Crippen LogP contribution in [-0.2, 0) is 32.0 Å². The first-order chi connectivity index (χ1) is 19.5. The SMILES string of the molecule is CC(N)C(=O)NC(CCCN=C(N)N)C(=O)NC(Cc1cnc[nH]1)C(=O)NC(Cc1c[nH]c2ccccc12)C(=O)O. The number of imidazole rings is 1. The molecular formula is C26H36N10O5. The van der Waals surface area contributed by atoms with E-state index in [1.54, 1.807) is 6.20 Å². The smallest absolute Gasteiger partial charge is 0.326 e. The van der Waals surface area contributed by atoms with Gasteiger partial charge in [-0.3, -0.25) is 19.4 Å². The summed E-state index contributed by atoms with van der Waals surface area (Å²) in [5.41, 5.74) is 18.4. The number of carboxylic acids is 1. The zero-order chi connectivity index (χ0) is 29.9. The molecule has 0 spiro atoms. The summed E-state index contributed by atoms with van der Waals surface area (Å²) >= 11 is 0. The third-order valence-corrected chi connectivity index (χ3v) is 6.32. The van der Waals surface area contributed by atoms with Gasteiger partial charge in [0.2, 0.25) is 17.7 Å². The standard InChI is InChI=1S/C26H36N10O5/c1-14(27)22(37)34-19(7-4-8-31-26(28)29)23(38)35-20(10-16-12-30-13-33-16)24(39)36-21(25(40)41)9-15-11-32-18-6-3-2-5-17(15)18/h2-3,5-6,11-14,19-21,32H,4,7-10,27H2,1H3,(H,30,33)(H,34,37)(H,35,38)(H,36,39)(H,40,41)(H4,28,29,31). The highest BCUT2D eigenvalue weighted by atomic mass is 16.4. The number of hydrogen-bond acceptors (Lipinski definition) is 7. The van der Waals surface area contributed by atoms with Gasteiger partial charge in [0.25, 0.3) is 0 Å². The zero-order valence-electron chi connectivity index (χ0n) is 22.6. The number of aliphatic imine (C=N–C) groups is 1. The predicted octanol–water partition coefficient (Wildman–Crippen LogP) is -1.38. The number of fused-ring (bicyclic) bond motifs is 1. The van der Waals surface area contributed by atoms with Crippen LogP contribution < -0.4 is 33.2 Å². The van der Waals surface area contributed by atoms with Crippen LogP contribution in [0.4, 0.5) is 0 Å². The van der Waals surface area contributed by atoms with Crippen molar-refractivity contribution in [3.05, 3.63) is 54.2 Å². The molecule has 0 aliphatic heterocycles. The monoisotopic (exact) mass is 568 g/mol. The van der Waals surface area contributed by atoms with E-state index in [2.05, 4.69) is 35.9 Å². The van der Waals surface area contributed by atoms with Gasteiger partial charge in [-0.15, -0.1) is 0 Å². The van der Waals surface area contributed by atoms with Gasteiger partial charge in [-0.25, -0.2) is 9.78 Å². The second kappa shape index (κ2) is 14.5. The molecule has 15 nitrogen and oxygen atoms in total. The lowest BCUT2D eigenvalue weighted by molar-refractivity contribution is -0.142. The van der Waals surface area contributed by atoms with E-state index < -0.39 is 47.9 Å². The minimum absolute atomic E-state index is 0.00761. The Morgan fingerprint density at radius 3 is 2.32 bits per heavy atom. The van der Waals surface area contributed by atoms with Gasteiger partial charge >= 0.3 is 5.97 Å². The average molecular weight is 569 g/mol. The van der Waals surface area contributed by atoms with Crippen molar-refractivity contribution >= 4 is 40.6 Å². The van der Waals surface area contributed by atoms with Gasteiger partial charge in [0.05, 0.1) is 12.4 Å². The van der Waals surface area contributed by atoms with Crippen LogP contribution >= 0.6 is 0 Å². The molecule has 0 aliphatic carbocycles. The van der Waals surface area contributed by atoms with E-state index >= 15 is 0 Å². The van der Waals surface area contributed by atoms with Crippen LogP contribution in [0.3, 0.4) is 0 Å². The van der Waals surface area contributed by atoms with E-state index in [4.69, 9.17) is 17.2 Å². The van der Waals surface area contributed by atoms with Crippen LogP contribution in [0.15, 0.2) is 48.0 Å². The number of guanidine groups is 1. The van der Waals surface area contributed by atoms with Crippen molar-refractivity contribution in [2.75, 3.05) is 6.54 Å². The molecule has 4 unspecified atom stereocenters. The molecule has 0 saturated carbocycles. The number of nitrogens with zero attached hydrogens (tertiary/aromatic N) is 2. The minimum Gasteiger partial charge on any atom is -0.480 e. The number of nitrogens with two attached hydrogens (primary N) is 3. The molecule has 3 aromatic rings. The number of aromatic nitrogens is 3. The fourth-order valence-electron chi connectivity index (χ4n) is 4.17. The summed E-state index contributed by atoms with van der Waals surface area (Å²) < 4.78 is 0. The van der Waals surface area contributed by atoms with Crippen molar-refractivity contribution in [2.24, 2.45) is 22.2 Å². The Bertz CT molecular complexity index is 1360. The lowest BCUT2D eigenvalue weighted by Gasteiger charge is -2.24. The highest BCUT2D eigenvalue weighted by molar-refractivity contribution is 5.94. The summed E-state index contributed by atoms with van der Waals surface area (Å²) in [6.07, 6.45) is 5.09. The molecule has 220 valence electrons. The summed E-state index contributed by atoms with van der Waals surface area (Å²) in [7, 11) is 0. The number of nitrogens with one attached hydrogen (secondary N) is 5. The van der Waals surface area contributed by atoms with Crippen LogP contribution in [0.5, 0.6) is 0 Å². The predicted molar refractivity (Wildman–Crippen MR) is 151 cm³/mol. The second-order valence-electron chi connectivity index (χ2n) is 9.60. The van der Waals surface area contributed by atoms with Crippen molar-refractivity contribution in [3.63, 3.8) is 0 Å². The Kier molecular flexibility index (Phi) is 10.8. The first kappa shape index (κ1) is 30.6. The molecule has 12 N–H and O–H groups in total. The molecule has 0 saturated heterocycles. The quantitative estimate of drug-likeness (QED) is 0.0593. The number of aliphatic carboxylic acids is 1. The summed E-state index contributed by atoms with van der Waals surface area (Å²) in [4.78, 5) is 64.9. The van der Waals surface area contributed by atoms with E-state index in [9.17, 15) is 24.3 Å². The van der Waals surface area contributed by atoms with Gasteiger partial charge in [0.1, 0.15) is 18.1 Å². The lowest BCUT2D eigenvalue weighted by atomic mass is 10.0. The van der Waals surface area contributed by atoms with E-state index in [0.717, 1.165) is 10.9 Å². The Morgan fingerprint density at radius 1 is 0.976 bits per heavy atom. The minimum atomic E-state index is -1.28. The number of rotatable bonds is 15. The third kappa shape index (κ3) is 9.06. The summed E-state index contributed by atoms with van der Waals surface area (Å²) in [5.74, 6) is -3.30. The van der Waals surface area contributed by atoms with Crippen molar-refractivity contribution in [2.45, 2.75) is 56.8 Å². The molecule has 15 heteroatoms. The second-order valence-corrected chi connectivity index (χ2v) is 9.60. The largest absolute Gasteiger partial charge is 0.480 e.